The first-order chi connectivity index (χ1) is 13.6. The largest absolute Gasteiger partial charge is 0.493 e. The standard InChI is InChI=1S/C20H28N4O4/c1-5-21-20(24-15-7-8-16(26-3)17(13-15)27-4)23-11-6-10-22-19(25)18-14(2)9-12-28-18/h7-9,12-13H,5-6,10-11H2,1-4H3,(H,22,25)(H2,21,23,24). The zero-order chi connectivity index (χ0) is 20.4. The van der Waals surface area contributed by atoms with Crippen molar-refractivity contribution in [1.29, 1.82) is 0 Å². The van der Waals surface area contributed by atoms with Crippen LogP contribution in [-0.4, -0.2) is 45.7 Å². The van der Waals surface area contributed by atoms with Gasteiger partial charge in [0.1, 0.15) is 0 Å². The summed E-state index contributed by atoms with van der Waals surface area (Å²) in [5.74, 6) is 2.11. The first-order valence-electron chi connectivity index (χ1n) is 9.18. The molecule has 0 radical (unpaired) electrons. The number of aryl methyl sites for hydroxylation is 1. The molecule has 0 aliphatic carbocycles. The minimum Gasteiger partial charge on any atom is -0.493 e. The highest BCUT2D eigenvalue weighted by Gasteiger charge is 2.11. The molecule has 3 N–H and O–H groups in total. The van der Waals surface area contributed by atoms with Crippen molar-refractivity contribution in [3.63, 3.8) is 0 Å². The van der Waals surface area contributed by atoms with Gasteiger partial charge in [-0.25, -0.2) is 0 Å². The Balaban J connectivity index is 1.86. The molecule has 0 spiro atoms. The third-order valence-corrected chi connectivity index (χ3v) is 3.95. The van der Waals surface area contributed by atoms with Crippen molar-refractivity contribution >= 4 is 17.6 Å². The first-order valence-corrected chi connectivity index (χ1v) is 9.18. The van der Waals surface area contributed by atoms with Crippen molar-refractivity contribution in [2.45, 2.75) is 20.3 Å². The number of hydrogen-bond donors (Lipinski definition) is 3. The fraction of sp³-hybridized carbons (Fsp3) is 0.400. The number of aliphatic imine (C=N–C) groups is 1. The highest BCUT2D eigenvalue weighted by Crippen LogP contribution is 2.29. The number of guanidine groups is 1. The number of furan rings is 1. The van der Waals surface area contributed by atoms with Gasteiger partial charge in [-0.15, -0.1) is 0 Å². The number of rotatable bonds is 9. The van der Waals surface area contributed by atoms with E-state index in [1.165, 1.54) is 6.26 Å². The molecule has 1 amide bonds. The zero-order valence-electron chi connectivity index (χ0n) is 16.8. The van der Waals surface area contributed by atoms with E-state index in [1.807, 2.05) is 32.0 Å². The van der Waals surface area contributed by atoms with Gasteiger partial charge in [-0.3, -0.25) is 9.79 Å². The number of amides is 1. The number of nitrogens with one attached hydrogen (secondary N) is 3. The second-order valence-electron chi connectivity index (χ2n) is 6.00. The summed E-state index contributed by atoms with van der Waals surface area (Å²) >= 11 is 0. The van der Waals surface area contributed by atoms with Crippen LogP contribution in [0.25, 0.3) is 0 Å². The van der Waals surface area contributed by atoms with Crippen molar-refractivity contribution < 1.29 is 18.7 Å². The molecule has 1 heterocycles. The Morgan fingerprint density at radius 1 is 1.14 bits per heavy atom. The normalized spacial score (nSPS) is 11.1. The lowest BCUT2D eigenvalue weighted by atomic mass is 10.2. The van der Waals surface area contributed by atoms with Crippen LogP contribution in [0, 0.1) is 6.92 Å². The van der Waals surface area contributed by atoms with Crippen LogP contribution in [0.3, 0.4) is 0 Å². The van der Waals surface area contributed by atoms with E-state index < -0.39 is 0 Å². The Bertz CT molecular complexity index is 801. The highest BCUT2D eigenvalue weighted by atomic mass is 16.5. The molecule has 8 heteroatoms. The molecule has 0 atom stereocenters. The van der Waals surface area contributed by atoms with Gasteiger partial charge in [-0.2, -0.15) is 0 Å². The third kappa shape index (κ3) is 5.94. The van der Waals surface area contributed by atoms with Gasteiger partial charge in [0.15, 0.2) is 23.2 Å². The van der Waals surface area contributed by atoms with Crippen LogP contribution < -0.4 is 25.4 Å². The predicted molar refractivity (Wildman–Crippen MR) is 110 cm³/mol. The minimum atomic E-state index is -0.207. The van der Waals surface area contributed by atoms with Crippen molar-refractivity contribution in [2.24, 2.45) is 4.99 Å². The maximum absolute atomic E-state index is 12.0. The number of carbonyl (C=O) groups excluding carboxylic acids is 1. The maximum Gasteiger partial charge on any atom is 0.287 e. The second kappa shape index (κ2) is 10.9. The summed E-state index contributed by atoms with van der Waals surface area (Å²) in [6.45, 7) is 5.63. The molecule has 0 saturated heterocycles. The van der Waals surface area contributed by atoms with Crippen molar-refractivity contribution in [3.05, 3.63) is 41.9 Å². The van der Waals surface area contributed by atoms with Gasteiger partial charge in [0.2, 0.25) is 0 Å². The molecule has 0 unspecified atom stereocenters. The van der Waals surface area contributed by atoms with Crippen LogP contribution in [0.15, 0.2) is 39.9 Å². The molecule has 8 nitrogen and oxygen atoms in total. The number of carbonyl (C=O) groups is 1. The van der Waals surface area contributed by atoms with Crippen LogP contribution in [0.2, 0.25) is 0 Å². The summed E-state index contributed by atoms with van der Waals surface area (Å²) in [6, 6.07) is 7.33. The van der Waals surface area contributed by atoms with Crippen molar-refractivity contribution in [1.82, 2.24) is 10.6 Å². The van der Waals surface area contributed by atoms with E-state index in [9.17, 15) is 4.79 Å². The summed E-state index contributed by atoms with van der Waals surface area (Å²) in [7, 11) is 3.20. The van der Waals surface area contributed by atoms with Gasteiger partial charge in [-0.1, -0.05) is 0 Å². The topological polar surface area (TPSA) is 97.1 Å². The molecule has 1 aromatic heterocycles. The molecule has 2 rings (SSSR count). The van der Waals surface area contributed by atoms with E-state index in [1.54, 1.807) is 20.3 Å². The molecule has 0 aliphatic heterocycles. The van der Waals surface area contributed by atoms with E-state index in [0.29, 0.717) is 42.7 Å². The summed E-state index contributed by atoms with van der Waals surface area (Å²) in [4.78, 5) is 16.5. The fourth-order valence-corrected chi connectivity index (χ4v) is 2.52. The lowest BCUT2D eigenvalue weighted by Crippen LogP contribution is -2.31. The number of nitrogens with zero attached hydrogens (tertiary/aromatic N) is 1. The molecule has 2 aromatic rings. The van der Waals surface area contributed by atoms with Crippen molar-refractivity contribution in [2.75, 3.05) is 39.2 Å². The van der Waals surface area contributed by atoms with Crippen LogP contribution in [-0.2, 0) is 0 Å². The molecule has 28 heavy (non-hydrogen) atoms. The summed E-state index contributed by atoms with van der Waals surface area (Å²) < 4.78 is 15.7. The molecular formula is C20H28N4O4. The highest BCUT2D eigenvalue weighted by molar-refractivity contribution is 5.94. The number of anilines is 1. The molecule has 1 aromatic carbocycles. The number of hydrogen-bond acceptors (Lipinski definition) is 5. The van der Waals surface area contributed by atoms with Crippen LogP contribution in [0.4, 0.5) is 5.69 Å². The van der Waals surface area contributed by atoms with Gasteiger partial charge >= 0.3 is 0 Å². The smallest absolute Gasteiger partial charge is 0.287 e. The second-order valence-corrected chi connectivity index (χ2v) is 6.00. The van der Waals surface area contributed by atoms with E-state index in [-0.39, 0.29) is 5.91 Å². The Kier molecular flexibility index (Phi) is 8.20. The maximum atomic E-state index is 12.0. The Hall–Kier alpha value is -3.16. The predicted octanol–water partition coefficient (Wildman–Crippen LogP) is 2.80. The fourth-order valence-electron chi connectivity index (χ4n) is 2.52. The zero-order valence-corrected chi connectivity index (χ0v) is 16.8. The SMILES string of the molecule is CCNC(=NCCCNC(=O)c1occc1C)Nc1ccc(OC)c(OC)c1. The average molecular weight is 388 g/mol. The Morgan fingerprint density at radius 3 is 2.57 bits per heavy atom. The Morgan fingerprint density at radius 2 is 1.93 bits per heavy atom. The minimum absolute atomic E-state index is 0.207. The van der Waals surface area contributed by atoms with Crippen LogP contribution >= 0.6 is 0 Å². The quantitative estimate of drug-likeness (QED) is 0.347. The molecule has 0 aliphatic rings. The lowest BCUT2D eigenvalue weighted by Gasteiger charge is -2.14. The molecule has 152 valence electrons. The first kappa shape index (κ1) is 21.1. The van der Waals surface area contributed by atoms with E-state index >= 15 is 0 Å². The van der Waals surface area contributed by atoms with Gasteiger partial charge in [0.05, 0.1) is 20.5 Å². The molecule has 0 saturated carbocycles. The van der Waals surface area contributed by atoms with Gasteiger partial charge in [-0.05, 0) is 38.5 Å². The van der Waals surface area contributed by atoms with E-state index in [0.717, 1.165) is 17.8 Å². The summed E-state index contributed by atoms with van der Waals surface area (Å²) in [5.41, 5.74) is 1.66. The van der Waals surface area contributed by atoms with Gasteiger partial charge < -0.3 is 29.8 Å². The Labute approximate surface area is 165 Å². The number of benzene rings is 1. The molecular weight excluding hydrogens is 360 g/mol. The van der Waals surface area contributed by atoms with E-state index in [4.69, 9.17) is 13.9 Å². The van der Waals surface area contributed by atoms with E-state index in [2.05, 4.69) is 20.9 Å². The van der Waals surface area contributed by atoms with Crippen LogP contribution in [0.1, 0.15) is 29.5 Å². The summed E-state index contributed by atoms with van der Waals surface area (Å²) in [6.07, 6.45) is 2.21. The summed E-state index contributed by atoms with van der Waals surface area (Å²) in [5, 5.41) is 9.26. The molecule has 0 bridgehead atoms. The molecule has 0 fully saturated rings. The lowest BCUT2D eigenvalue weighted by molar-refractivity contribution is 0.0925. The third-order valence-electron chi connectivity index (χ3n) is 3.95. The average Bonchev–Trinajstić information content (AvgIpc) is 3.13. The monoisotopic (exact) mass is 388 g/mol. The number of ether oxygens (including phenoxy) is 2. The van der Waals surface area contributed by atoms with Crippen molar-refractivity contribution in [3.8, 4) is 11.5 Å². The van der Waals surface area contributed by atoms with Gasteiger partial charge in [0, 0.05) is 37.0 Å². The number of methoxy groups -OCH3 is 2. The van der Waals surface area contributed by atoms with Gasteiger partial charge in [0.25, 0.3) is 5.91 Å². The van der Waals surface area contributed by atoms with Crippen LogP contribution in [0.5, 0.6) is 11.5 Å².